The van der Waals surface area contributed by atoms with Gasteiger partial charge < -0.3 is 14.6 Å². The maximum Gasteiger partial charge on any atom is 0.308 e. The Kier molecular flexibility index (Phi) is 7.17. The van der Waals surface area contributed by atoms with E-state index in [1.54, 1.807) is 30.3 Å². The van der Waals surface area contributed by atoms with Gasteiger partial charge in [0, 0.05) is 11.6 Å². The third kappa shape index (κ3) is 5.87. The number of carbonyl (C=O) groups excluding carboxylic acids is 2. The van der Waals surface area contributed by atoms with E-state index in [9.17, 15) is 9.59 Å². The smallest absolute Gasteiger partial charge is 0.308 e. The summed E-state index contributed by atoms with van der Waals surface area (Å²) in [6.45, 7) is -0.0569. The number of esters is 1. The van der Waals surface area contributed by atoms with Crippen LogP contribution >= 0.6 is 11.6 Å². The van der Waals surface area contributed by atoms with E-state index in [2.05, 4.69) is 10.5 Å². The molecule has 6 nitrogen and oxygen atoms in total. The Morgan fingerprint density at radius 3 is 2.33 bits per heavy atom. The largest absolute Gasteiger partial charge is 0.457 e. The highest BCUT2D eigenvalue weighted by atomic mass is 35.5. The molecule has 3 aromatic carbocycles. The molecule has 33 heavy (non-hydrogen) atoms. The second kappa shape index (κ2) is 10.6. The van der Waals surface area contributed by atoms with Crippen molar-refractivity contribution in [2.24, 2.45) is 0 Å². The number of hydrogen-bond donors (Lipinski definition) is 1. The van der Waals surface area contributed by atoms with Crippen molar-refractivity contribution in [3.63, 3.8) is 0 Å². The van der Waals surface area contributed by atoms with E-state index < -0.39 is 12.0 Å². The molecule has 1 aromatic heterocycles. The van der Waals surface area contributed by atoms with Crippen molar-refractivity contribution in [3.8, 4) is 11.3 Å². The zero-order chi connectivity index (χ0) is 23.0. The molecule has 0 saturated heterocycles. The average molecular weight is 461 g/mol. The lowest BCUT2D eigenvalue weighted by molar-refractivity contribution is -0.146. The fourth-order valence-corrected chi connectivity index (χ4v) is 3.54. The summed E-state index contributed by atoms with van der Waals surface area (Å²) >= 11 is 6.15. The zero-order valence-corrected chi connectivity index (χ0v) is 18.4. The molecule has 0 aliphatic rings. The minimum atomic E-state index is -0.586. The second-order valence-electron chi connectivity index (χ2n) is 7.33. The first-order valence-corrected chi connectivity index (χ1v) is 10.7. The van der Waals surface area contributed by atoms with Gasteiger partial charge in [0.15, 0.2) is 12.4 Å². The molecule has 4 rings (SSSR count). The first-order chi connectivity index (χ1) is 16.1. The molecule has 1 N–H and O–H groups in total. The number of hydrogen-bond acceptors (Lipinski definition) is 5. The summed E-state index contributed by atoms with van der Waals surface area (Å²) in [6.07, 6.45) is -0.0557. The third-order valence-electron chi connectivity index (χ3n) is 5.00. The van der Waals surface area contributed by atoms with Crippen molar-refractivity contribution < 1.29 is 18.8 Å². The van der Waals surface area contributed by atoms with Gasteiger partial charge in [-0.3, -0.25) is 9.59 Å². The van der Waals surface area contributed by atoms with Gasteiger partial charge >= 0.3 is 5.97 Å². The van der Waals surface area contributed by atoms with Gasteiger partial charge in [-0.2, -0.15) is 0 Å². The third-order valence-corrected chi connectivity index (χ3v) is 5.33. The van der Waals surface area contributed by atoms with Crippen LogP contribution in [0.5, 0.6) is 0 Å². The van der Waals surface area contributed by atoms with Gasteiger partial charge in [-0.1, -0.05) is 89.6 Å². The van der Waals surface area contributed by atoms with Crippen LogP contribution in [0.4, 0.5) is 0 Å². The van der Waals surface area contributed by atoms with Crippen molar-refractivity contribution in [1.82, 2.24) is 10.5 Å². The lowest BCUT2D eigenvalue weighted by atomic mass is 10.0. The molecule has 1 unspecified atom stereocenters. The van der Waals surface area contributed by atoms with Gasteiger partial charge in [0.1, 0.15) is 5.69 Å². The van der Waals surface area contributed by atoms with Crippen LogP contribution in [-0.4, -0.2) is 17.0 Å². The van der Waals surface area contributed by atoms with E-state index in [1.165, 1.54) is 0 Å². The Morgan fingerprint density at radius 2 is 1.61 bits per heavy atom. The molecule has 0 bridgehead atoms. The maximum absolute atomic E-state index is 12.8. The molecule has 166 valence electrons. The molecule has 1 heterocycles. The number of nitrogens with zero attached hydrogens (tertiary/aromatic N) is 1. The zero-order valence-electron chi connectivity index (χ0n) is 17.6. The van der Waals surface area contributed by atoms with E-state index >= 15 is 0 Å². The molecule has 0 aliphatic carbocycles. The van der Waals surface area contributed by atoms with Crippen LogP contribution in [0.2, 0.25) is 5.02 Å². The monoisotopic (exact) mass is 460 g/mol. The summed E-state index contributed by atoms with van der Waals surface area (Å²) in [5.74, 6) is -0.426. The molecule has 1 amide bonds. The van der Waals surface area contributed by atoms with Crippen LogP contribution in [0.25, 0.3) is 11.3 Å². The van der Waals surface area contributed by atoms with Gasteiger partial charge in [-0.25, -0.2) is 0 Å². The quantitative estimate of drug-likeness (QED) is 0.346. The van der Waals surface area contributed by atoms with Crippen LogP contribution in [0, 0.1) is 0 Å². The highest BCUT2D eigenvalue weighted by Crippen LogP contribution is 2.22. The lowest BCUT2D eigenvalue weighted by Gasteiger charge is -2.19. The summed E-state index contributed by atoms with van der Waals surface area (Å²) < 4.78 is 10.7. The molecule has 0 fully saturated rings. The van der Waals surface area contributed by atoms with Crippen molar-refractivity contribution in [2.45, 2.75) is 19.1 Å². The van der Waals surface area contributed by atoms with Gasteiger partial charge in [0.2, 0.25) is 0 Å². The van der Waals surface area contributed by atoms with Crippen molar-refractivity contribution in [2.75, 3.05) is 0 Å². The molecule has 0 saturated carbocycles. The van der Waals surface area contributed by atoms with Crippen LogP contribution in [0.1, 0.15) is 34.1 Å². The number of benzene rings is 3. The molecular weight excluding hydrogens is 440 g/mol. The predicted molar refractivity (Wildman–Crippen MR) is 124 cm³/mol. The summed E-state index contributed by atoms with van der Waals surface area (Å²) in [5, 5.41) is 7.24. The summed E-state index contributed by atoms with van der Waals surface area (Å²) in [4.78, 5) is 25.4. The Morgan fingerprint density at radius 1 is 0.939 bits per heavy atom. The topological polar surface area (TPSA) is 81.4 Å². The Balaban J connectivity index is 1.41. The second-order valence-corrected chi connectivity index (χ2v) is 7.73. The number of aromatic nitrogens is 1. The first-order valence-electron chi connectivity index (χ1n) is 10.4. The van der Waals surface area contributed by atoms with E-state index in [0.717, 1.165) is 11.1 Å². The molecule has 0 radical (unpaired) electrons. The average Bonchev–Trinajstić information content (AvgIpc) is 3.33. The van der Waals surface area contributed by atoms with Crippen LogP contribution < -0.4 is 5.32 Å². The van der Waals surface area contributed by atoms with Gasteiger partial charge in [-0.05, 0) is 17.7 Å². The Hall–Kier alpha value is -3.90. The minimum absolute atomic E-state index is 0.0557. The molecular formula is C26H21ClN2O4. The maximum atomic E-state index is 12.8. The number of nitrogens with one attached hydrogen (secondary N) is 1. The number of ether oxygens (including phenoxy) is 1. The van der Waals surface area contributed by atoms with Crippen LogP contribution in [0.15, 0.2) is 95.5 Å². The molecule has 1 atom stereocenters. The highest BCUT2D eigenvalue weighted by Gasteiger charge is 2.21. The van der Waals surface area contributed by atoms with E-state index in [4.69, 9.17) is 20.9 Å². The number of amides is 1. The van der Waals surface area contributed by atoms with E-state index in [1.807, 2.05) is 60.7 Å². The highest BCUT2D eigenvalue weighted by molar-refractivity contribution is 6.33. The Labute approximate surface area is 196 Å². The van der Waals surface area contributed by atoms with Gasteiger partial charge in [0.05, 0.1) is 23.0 Å². The van der Waals surface area contributed by atoms with Gasteiger partial charge in [0.25, 0.3) is 5.91 Å². The minimum Gasteiger partial charge on any atom is -0.457 e. The standard InChI is InChI=1S/C26H21ClN2O4/c27-22-14-8-7-13-21(22)26(31)28-23(18-9-3-1-4-10-18)16-25(30)32-17-20-15-24(29-33-20)19-11-5-2-6-12-19/h1-15,23H,16-17H2,(H,28,31). The summed E-state index contributed by atoms with van der Waals surface area (Å²) in [5.41, 5.74) is 2.69. The normalized spacial score (nSPS) is 11.5. The lowest BCUT2D eigenvalue weighted by Crippen LogP contribution is -2.30. The van der Waals surface area contributed by atoms with Crippen molar-refractivity contribution >= 4 is 23.5 Å². The molecule has 4 aromatic rings. The number of carbonyl (C=O) groups is 2. The van der Waals surface area contributed by atoms with Crippen molar-refractivity contribution in [3.05, 3.63) is 113 Å². The number of rotatable bonds is 8. The molecule has 0 aliphatic heterocycles. The van der Waals surface area contributed by atoms with Crippen LogP contribution in [-0.2, 0) is 16.1 Å². The van der Waals surface area contributed by atoms with E-state index in [0.29, 0.717) is 22.0 Å². The fraction of sp³-hybridized carbons (Fsp3) is 0.115. The number of halogens is 1. The van der Waals surface area contributed by atoms with Crippen molar-refractivity contribution in [1.29, 1.82) is 0 Å². The summed E-state index contributed by atoms with van der Waals surface area (Å²) in [7, 11) is 0. The summed E-state index contributed by atoms with van der Waals surface area (Å²) in [6, 6.07) is 26.7. The van der Waals surface area contributed by atoms with Gasteiger partial charge in [-0.15, -0.1) is 0 Å². The fourth-order valence-electron chi connectivity index (χ4n) is 3.32. The molecule has 7 heteroatoms. The Bertz CT molecular complexity index is 1230. The van der Waals surface area contributed by atoms with Crippen LogP contribution in [0.3, 0.4) is 0 Å². The molecule has 0 spiro atoms. The SMILES string of the molecule is O=C(CC(NC(=O)c1ccccc1Cl)c1ccccc1)OCc1cc(-c2ccccc2)no1. The van der Waals surface area contributed by atoms with E-state index in [-0.39, 0.29) is 18.9 Å². The predicted octanol–water partition coefficient (Wildman–Crippen LogP) is 5.60. The first kappa shape index (κ1) is 22.3.